The average molecular weight is 254 g/mol. The van der Waals surface area contributed by atoms with Gasteiger partial charge in [0.25, 0.3) is 0 Å². The fraction of sp³-hybridized carbons (Fsp3) is 0.385. The summed E-state index contributed by atoms with van der Waals surface area (Å²) in [7, 11) is -3.11. The molecule has 1 rings (SSSR count). The fourth-order valence-electron chi connectivity index (χ4n) is 1.45. The van der Waals surface area contributed by atoms with Gasteiger partial charge in [-0.1, -0.05) is 30.3 Å². The lowest BCUT2D eigenvalue weighted by Gasteiger charge is -2.17. The van der Waals surface area contributed by atoms with Gasteiger partial charge in [0.2, 0.25) is 0 Å². The van der Waals surface area contributed by atoms with E-state index in [2.05, 4.69) is 0 Å². The van der Waals surface area contributed by atoms with Crippen molar-refractivity contribution in [2.24, 2.45) is 0 Å². The lowest BCUT2D eigenvalue weighted by atomic mass is 10.2. The highest BCUT2D eigenvalue weighted by atomic mass is 31.2. The normalized spacial score (nSPS) is 12.8. The number of allylic oxidation sites excluding steroid dienone is 1. The van der Waals surface area contributed by atoms with Crippen LogP contribution in [-0.2, 0) is 13.6 Å². The van der Waals surface area contributed by atoms with Crippen LogP contribution in [0.1, 0.15) is 26.3 Å². The second-order valence-corrected chi connectivity index (χ2v) is 5.75. The molecule has 0 aliphatic heterocycles. The highest BCUT2D eigenvalue weighted by Crippen LogP contribution is 2.56. The van der Waals surface area contributed by atoms with Crippen LogP contribution < -0.4 is 0 Å². The molecule has 0 atom stereocenters. The van der Waals surface area contributed by atoms with Gasteiger partial charge in [0.05, 0.1) is 13.2 Å². The zero-order valence-corrected chi connectivity index (χ0v) is 11.4. The SMILES string of the molecule is CCOP(=O)(OCC)/C(C)=C\c1ccccc1. The predicted octanol–water partition coefficient (Wildman–Crippen LogP) is 4.31. The minimum absolute atomic E-state index is 0.372. The van der Waals surface area contributed by atoms with Crippen molar-refractivity contribution >= 4 is 13.7 Å². The predicted molar refractivity (Wildman–Crippen MR) is 71.0 cm³/mol. The standard InChI is InChI=1S/C13H19O3P/c1-4-15-17(14,16-5-2)12(3)11-13-9-7-6-8-10-13/h6-11H,4-5H2,1-3H3/b12-11-. The van der Waals surface area contributed by atoms with Crippen LogP contribution in [0.25, 0.3) is 6.08 Å². The Kier molecular flexibility index (Phi) is 5.63. The van der Waals surface area contributed by atoms with Crippen molar-refractivity contribution in [3.05, 3.63) is 41.2 Å². The van der Waals surface area contributed by atoms with E-state index >= 15 is 0 Å². The van der Waals surface area contributed by atoms with Gasteiger partial charge in [-0.05, 0) is 32.4 Å². The molecular weight excluding hydrogens is 235 g/mol. The zero-order chi connectivity index (χ0) is 12.7. The Hall–Kier alpha value is -0.890. The second-order valence-electron chi connectivity index (χ2n) is 3.53. The molecule has 1 aromatic rings. The van der Waals surface area contributed by atoms with Gasteiger partial charge in [-0.3, -0.25) is 4.57 Å². The second kappa shape index (κ2) is 6.75. The minimum Gasteiger partial charge on any atom is -0.306 e. The van der Waals surface area contributed by atoms with E-state index in [9.17, 15) is 4.57 Å². The van der Waals surface area contributed by atoms with Crippen molar-refractivity contribution in [3.8, 4) is 0 Å². The van der Waals surface area contributed by atoms with E-state index < -0.39 is 7.60 Å². The summed E-state index contributed by atoms with van der Waals surface area (Å²) in [5, 5.41) is 0.632. The Balaban J connectivity index is 2.96. The Morgan fingerprint density at radius 3 is 2.18 bits per heavy atom. The molecular formula is C13H19O3P. The third-order valence-electron chi connectivity index (χ3n) is 2.21. The molecule has 0 aliphatic rings. The van der Waals surface area contributed by atoms with E-state index in [1.807, 2.05) is 50.3 Å². The summed E-state index contributed by atoms with van der Waals surface area (Å²) >= 11 is 0. The molecule has 4 heteroatoms. The molecule has 0 fully saturated rings. The molecule has 94 valence electrons. The third-order valence-corrected chi connectivity index (χ3v) is 4.39. The summed E-state index contributed by atoms with van der Waals surface area (Å²) in [5.74, 6) is 0. The Bertz CT molecular complexity index is 402. The molecule has 0 unspecified atom stereocenters. The van der Waals surface area contributed by atoms with Gasteiger partial charge in [0.1, 0.15) is 0 Å². The number of hydrogen-bond donors (Lipinski definition) is 0. The summed E-state index contributed by atoms with van der Waals surface area (Å²) < 4.78 is 22.9. The zero-order valence-electron chi connectivity index (χ0n) is 10.6. The smallest absolute Gasteiger partial charge is 0.306 e. The maximum atomic E-state index is 12.4. The summed E-state index contributed by atoms with van der Waals surface area (Å²) in [5.41, 5.74) is 0.990. The first-order chi connectivity index (χ1) is 8.12. The Morgan fingerprint density at radius 1 is 1.18 bits per heavy atom. The Morgan fingerprint density at radius 2 is 1.71 bits per heavy atom. The molecule has 0 aliphatic carbocycles. The quantitative estimate of drug-likeness (QED) is 0.709. The highest BCUT2D eigenvalue weighted by molar-refractivity contribution is 7.58. The third kappa shape index (κ3) is 4.12. The molecule has 0 spiro atoms. The first-order valence-corrected chi connectivity index (χ1v) is 7.29. The molecule has 0 amide bonds. The fourth-order valence-corrected chi connectivity index (χ4v) is 2.92. The van der Waals surface area contributed by atoms with Crippen LogP contribution in [-0.4, -0.2) is 13.2 Å². The molecule has 0 saturated carbocycles. The van der Waals surface area contributed by atoms with Crippen LogP contribution in [0.2, 0.25) is 0 Å². The maximum absolute atomic E-state index is 12.4. The summed E-state index contributed by atoms with van der Waals surface area (Å²) in [6.45, 7) is 6.14. The topological polar surface area (TPSA) is 35.5 Å². The van der Waals surface area contributed by atoms with Crippen LogP contribution >= 0.6 is 7.60 Å². The molecule has 0 radical (unpaired) electrons. The van der Waals surface area contributed by atoms with E-state index in [-0.39, 0.29) is 0 Å². The molecule has 0 saturated heterocycles. The van der Waals surface area contributed by atoms with E-state index in [0.29, 0.717) is 18.5 Å². The van der Waals surface area contributed by atoms with Gasteiger partial charge in [-0.15, -0.1) is 0 Å². The van der Waals surface area contributed by atoms with Crippen LogP contribution in [0.5, 0.6) is 0 Å². The van der Waals surface area contributed by atoms with Crippen molar-refractivity contribution in [1.82, 2.24) is 0 Å². The van der Waals surface area contributed by atoms with Crippen molar-refractivity contribution in [2.75, 3.05) is 13.2 Å². The first-order valence-electron chi connectivity index (χ1n) is 5.75. The molecule has 0 heterocycles. The van der Waals surface area contributed by atoms with E-state index in [4.69, 9.17) is 9.05 Å². The summed E-state index contributed by atoms with van der Waals surface area (Å²) in [6.07, 6.45) is 1.84. The number of rotatable bonds is 6. The van der Waals surface area contributed by atoms with Gasteiger partial charge in [-0.25, -0.2) is 0 Å². The van der Waals surface area contributed by atoms with Gasteiger partial charge >= 0.3 is 7.60 Å². The minimum atomic E-state index is -3.11. The lowest BCUT2D eigenvalue weighted by molar-refractivity contribution is 0.226. The number of benzene rings is 1. The molecule has 0 bridgehead atoms. The summed E-state index contributed by atoms with van der Waals surface area (Å²) in [4.78, 5) is 0. The molecule has 3 nitrogen and oxygen atoms in total. The largest absolute Gasteiger partial charge is 0.357 e. The lowest BCUT2D eigenvalue weighted by Crippen LogP contribution is -1.96. The van der Waals surface area contributed by atoms with Crippen LogP contribution in [0.3, 0.4) is 0 Å². The molecule has 0 aromatic heterocycles. The highest BCUT2D eigenvalue weighted by Gasteiger charge is 2.25. The van der Waals surface area contributed by atoms with Gasteiger partial charge in [-0.2, -0.15) is 0 Å². The molecule has 0 N–H and O–H groups in total. The number of hydrogen-bond acceptors (Lipinski definition) is 3. The summed E-state index contributed by atoms with van der Waals surface area (Å²) in [6, 6.07) is 9.71. The molecule has 1 aromatic carbocycles. The van der Waals surface area contributed by atoms with Crippen LogP contribution in [0, 0.1) is 0 Å². The average Bonchev–Trinajstić information content (AvgIpc) is 2.31. The van der Waals surface area contributed by atoms with Crippen molar-refractivity contribution in [1.29, 1.82) is 0 Å². The van der Waals surface area contributed by atoms with Crippen LogP contribution in [0.15, 0.2) is 35.6 Å². The molecule has 17 heavy (non-hydrogen) atoms. The van der Waals surface area contributed by atoms with Gasteiger partial charge in [0.15, 0.2) is 0 Å². The van der Waals surface area contributed by atoms with Crippen molar-refractivity contribution in [3.63, 3.8) is 0 Å². The van der Waals surface area contributed by atoms with Crippen LogP contribution in [0.4, 0.5) is 0 Å². The van der Waals surface area contributed by atoms with E-state index in [1.54, 1.807) is 6.92 Å². The van der Waals surface area contributed by atoms with Gasteiger partial charge < -0.3 is 9.05 Å². The first kappa shape index (κ1) is 14.2. The van der Waals surface area contributed by atoms with Gasteiger partial charge in [0, 0.05) is 5.31 Å². The van der Waals surface area contributed by atoms with Crippen molar-refractivity contribution in [2.45, 2.75) is 20.8 Å². The van der Waals surface area contributed by atoms with E-state index in [0.717, 1.165) is 5.56 Å². The van der Waals surface area contributed by atoms with E-state index in [1.165, 1.54) is 0 Å². The monoisotopic (exact) mass is 254 g/mol. The maximum Gasteiger partial charge on any atom is 0.357 e. The Labute approximate surface area is 103 Å². The van der Waals surface area contributed by atoms with Crippen molar-refractivity contribution < 1.29 is 13.6 Å².